The molecule has 0 spiro atoms. The maximum Gasteiger partial charge on any atom is 0.137 e. The molecule has 0 aromatic carbocycles. The first-order chi connectivity index (χ1) is 5.25. The van der Waals surface area contributed by atoms with Crippen LogP contribution in [0.15, 0.2) is 4.52 Å². The molecule has 3 heteroatoms. The Balaban J connectivity index is 2.67. The number of aryl methyl sites for hydroxylation is 2. The maximum absolute atomic E-state index is 5.00. The van der Waals surface area contributed by atoms with Gasteiger partial charge in [0.05, 0.1) is 5.69 Å². The Morgan fingerprint density at radius 1 is 1.45 bits per heavy atom. The average Bonchev–Trinajstić information content (AvgIpc) is 2.29. The van der Waals surface area contributed by atoms with E-state index < -0.39 is 0 Å². The third-order valence-electron chi connectivity index (χ3n) is 1.77. The second-order valence-corrected chi connectivity index (χ2v) is 2.59. The summed E-state index contributed by atoms with van der Waals surface area (Å²) in [5.41, 5.74) is 2.20. The van der Waals surface area contributed by atoms with Gasteiger partial charge in [-0.25, -0.2) is 0 Å². The van der Waals surface area contributed by atoms with Gasteiger partial charge in [-0.2, -0.15) is 7.05 Å². The number of likely N-dealkylation sites (N-methyl/N-ethyl adjacent to an activating group) is 1. The van der Waals surface area contributed by atoms with Gasteiger partial charge in [0.2, 0.25) is 0 Å². The van der Waals surface area contributed by atoms with Gasteiger partial charge in [0.1, 0.15) is 5.76 Å². The minimum Gasteiger partial charge on any atom is -0.665 e. The second kappa shape index (κ2) is 3.53. The predicted octanol–water partition coefficient (Wildman–Crippen LogP) is 1.84. The van der Waals surface area contributed by atoms with E-state index in [0.717, 1.165) is 24.4 Å². The molecule has 0 saturated carbocycles. The van der Waals surface area contributed by atoms with Crippen LogP contribution in [0.3, 0.4) is 0 Å². The molecule has 62 valence electrons. The molecule has 0 atom stereocenters. The highest BCUT2D eigenvalue weighted by Gasteiger charge is 2.05. The zero-order chi connectivity index (χ0) is 8.27. The van der Waals surface area contributed by atoms with Gasteiger partial charge in [-0.3, -0.25) is 0 Å². The third kappa shape index (κ3) is 1.80. The van der Waals surface area contributed by atoms with Crippen LogP contribution in [-0.4, -0.2) is 18.7 Å². The van der Waals surface area contributed by atoms with Crippen LogP contribution in [0.25, 0.3) is 5.32 Å². The molecule has 0 aliphatic rings. The molecule has 0 bridgehead atoms. The van der Waals surface area contributed by atoms with Crippen LogP contribution in [0.4, 0.5) is 0 Å². The Bertz CT molecular complexity index is 210. The van der Waals surface area contributed by atoms with Crippen LogP contribution in [0.5, 0.6) is 0 Å². The zero-order valence-electron chi connectivity index (χ0n) is 7.22. The Morgan fingerprint density at radius 3 is 2.64 bits per heavy atom. The molecule has 0 aliphatic heterocycles. The van der Waals surface area contributed by atoms with E-state index in [2.05, 4.69) is 10.5 Å². The van der Waals surface area contributed by atoms with E-state index in [1.54, 1.807) is 0 Å². The van der Waals surface area contributed by atoms with Gasteiger partial charge in [0, 0.05) is 5.56 Å². The van der Waals surface area contributed by atoms with Crippen molar-refractivity contribution in [2.45, 2.75) is 20.3 Å². The van der Waals surface area contributed by atoms with E-state index in [1.807, 2.05) is 20.9 Å². The molecule has 1 rings (SSSR count). The third-order valence-corrected chi connectivity index (χ3v) is 1.77. The average molecular weight is 153 g/mol. The van der Waals surface area contributed by atoms with E-state index in [9.17, 15) is 0 Å². The lowest BCUT2D eigenvalue weighted by Crippen LogP contribution is -1.92. The van der Waals surface area contributed by atoms with Crippen LogP contribution in [0.1, 0.15) is 17.0 Å². The summed E-state index contributed by atoms with van der Waals surface area (Å²) in [6, 6.07) is 0. The predicted molar refractivity (Wildman–Crippen MR) is 43.8 cm³/mol. The number of hydrogen-bond donors (Lipinski definition) is 0. The first-order valence-corrected chi connectivity index (χ1v) is 3.73. The highest BCUT2D eigenvalue weighted by Crippen LogP contribution is 2.12. The smallest absolute Gasteiger partial charge is 0.137 e. The van der Waals surface area contributed by atoms with E-state index in [0.29, 0.717) is 0 Å². The molecular weight excluding hydrogens is 140 g/mol. The van der Waals surface area contributed by atoms with Crippen LogP contribution in [0.2, 0.25) is 0 Å². The minimum absolute atomic E-state index is 0.850. The Hall–Kier alpha value is -0.830. The summed E-state index contributed by atoms with van der Waals surface area (Å²) < 4.78 is 5.00. The molecule has 0 radical (unpaired) electrons. The van der Waals surface area contributed by atoms with Gasteiger partial charge < -0.3 is 9.84 Å². The summed E-state index contributed by atoms with van der Waals surface area (Å²) in [6.07, 6.45) is 0.942. The lowest BCUT2D eigenvalue weighted by Gasteiger charge is -2.08. The van der Waals surface area contributed by atoms with E-state index in [1.165, 1.54) is 5.56 Å². The normalized spacial score (nSPS) is 10.5. The monoisotopic (exact) mass is 153 g/mol. The molecule has 0 N–H and O–H groups in total. The summed E-state index contributed by atoms with van der Waals surface area (Å²) in [4.78, 5) is 0. The van der Waals surface area contributed by atoms with Crippen molar-refractivity contribution < 1.29 is 4.52 Å². The van der Waals surface area contributed by atoms with E-state index >= 15 is 0 Å². The van der Waals surface area contributed by atoms with Crippen molar-refractivity contribution in [3.63, 3.8) is 0 Å². The molecule has 0 unspecified atom stereocenters. The van der Waals surface area contributed by atoms with Crippen molar-refractivity contribution in [1.82, 2.24) is 5.16 Å². The summed E-state index contributed by atoms with van der Waals surface area (Å²) in [5, 5.41) is 7.88. The highest BCUT2D eigenvalue weighted by molar-refractivity contribution is 5.21. The highest BCUT2D eigenvalue weighted by atomic mass is 16.5. The molecule has 11 heavy (non-hydrogen) atoms. The Morgan fingerprint density at radius 2 is 2.18 bits per heavy atom. The molecule has 0 amide bonds. The Labute approximate surface area is 66.8 Å². The number of aromatic nitrogens is 1. The summed E-state index contributed by atoms with van der Waals surface area (Å²) in [7, 11) is 1.82. The molecule has 1 aromatic rings. The summed E-state index contributed by atoms with van der Waals surface area (Å²) >= 11 is 0. The molecular formula is C8H13N2O-. The van der Waals surface area contributed by atoms with Crippen LogP contribution < -0.4 is 0 Å². The fourth-order valence-corrected chi connectivity index (χ4v) is 1.08. The lowest BCUT2D eigenvalue weighted by atomic mass is 10.1. The maximum atomic E-state index is 5.00. The largest absolute Gasteiger partial charge is 0.665 e. The molecule has 0 fully saturated rings. The molecule has 1 aromatic heterocycles. The second-order valence-electron chi connectivity index (χ2n) is 2.59. The Kier molecular flexibility index (Phi) is 2.65. The first kappa shape index (κ1) is 8.27. The van der Waals surface area contributed by atoms with E-state index in [-0.39, 0.29) is 0 Å². The summed E-state index contributed by atoms with van der Waals surface area (Å²) in [5.74, 6) is 0.922. The molecule has 0 aliphatic carbocycles. The van der Waals surface area contributed by atoms with Crippen LogP contribution in [0, 0.1) is 13.8 Å². The van der Waals surface area contributed by atoms with Crippen LogP contribution in [-0.2, 0) is 6.42 Å². The van der Waals surface area contributed by atoms with Gasteiger partial charge >= 0.3 is 0 Å². The lowest BCUT2D eigenvalue weighted by molar-refractivity contribution is 0.392. The van der Waals surface area contributed by atoms with Crippen molar-refractivity contribution >= 4 is 0 Å². The molecule has 3 nitrogen and oxygen atoms in total. The van der Waals surface area contributed by atoms with Crippen molar-refractivity contribution in [3.05, 3.63) is 22.3 Å². The first-order valence-electron chi connectivity index (χ1n) is 3.73. The van der Waals surface area contributed by atoms with Gasteiger partial charge in [0.15, 0.2) is 0 Å². The van der Waals surface area contributed by atoms with Crippen molar-refractivity contribution in [3.8, 4) is 0 Å². The van der Waals surface area contributed by atoms with Gasteiger partial charge in [-0.05, 0) is 20.3 Å². The molecule has 1 heterocycles. The number of rotatable bonds is 3. The van der Waals surface area contributed by atoms with Crippen molar-refractivity contribution in [2.24, 2.45) is 0 Å². The summed E-state index contributed by atoms with van der Waals surface area (Å²) in [6.45, 7) is 4.75. The fraction of sp³-hybridized carbons (Fsp3) is 0.625. The van der Waals surface area contributed by atoms with Gasteiger partial charge in [0.25, 0.3) is 0 Å². The SMILES string of the molecule is C[N-]CCc1c(C)noc1C. The van der Waals surface area contributed by atoms with Crippen LogP contribution >= 0.6 is 0 Å². The number of nitrogens with zero attached hydrogens (tertiary/aromatic N) is 2. The molecule has 0 saturated heterocycles. The van der Waals surface area contributed by atoms with Gasteiger partial charge in [-0.15, -0.1) is 6.54 Å². The van der Waals surface area contributed by atoms with Crippen molar-refractivity contribution in [1.29, 1.82) is 0 Å². The van der Waals surface area contributed by atoms with Crippen molar-refractivity contribution in [2.75, 3.05) is 13.6 Å². The minimum atomic E-state index is 0.850. The quantitative estimate of drug-likeness (QED) is 0.664. The van der Waals surface area contributed by atoms with E-state index in [4.69, 9.17) is 4.52 Å². The van der Waals surface area contributed by atoms with Gasteiger partial charge in [-0.1, -0.05) is 5.16 Å². The zero-order valence-corrected chi connectivity index (χ0v) is 7.22. The fourth-order valence-electron chi connectivity index (χ4n) is 1.08. The standard InChI is InChI=1S/C8H13N2O/c1-6-8(4-5-9-3)7(2)11-10-6/h4-5H2,1-3H3/q-1. The number of hydrogen-bond acceptors (Lipinski definition) is 2. The topological polar surface area (TPSA) is 40.1 Å².